The number of ether oxygens (including phenoxy) is 2. The topological polar surface area (TPSA) is 88.1 Å². The Morgan fingerprint density at radius 2 is 2.13 bits per heavy atom. The maximum atomic E-state index is 11.9. The standard InChI is InChI=1S/C16H20N2O5/c1-22-12-4-3-10(5-13(12)23-2)6-18-7-11-14(19)17-8-16(11,9-18)15(20)21/h3-5,11H,6-9H2,1-2H3,(H,17,19)(H,20,21)/t11-,16+/m0/s1. The average Bonchev–Trinajstić information content (AvgIpc) is 3.05. The summed E-state index contributed by atoms with van der Waals surface area (Å²) in [5, 5.41) is 12.2. The molecule has 2 aliphatic heterocycles. The van der Waals surface area contributed by atoms with Crippen LogP contribution in [-0.4, -0.2) is 55.7 Å². The fourth-order valence-electron chi connectivity index (χ4n) is 3.54. The van der Waals surface area contributed by atoms with E-state index in [1.807, 2.05) is 23.1 Å². The van der Waals surface area contributed by atoms with Crippen molar-refractivity contribution in [1.82, 2.24) is 10.2 Å². The Kier molecular flexibility index (Phi) is 3.89. The first kappa shape index (κ1) is 15.6. The third-order valence-corrected chi connectivity index (χ3v) is 4.79. The Morgan fingerprint density at radius 3 is 2.74 bits per heavy atom. The number of likely N-dealkylation sites (tertiary alicyclic amines) is 1. The first-order valence-corrected chi connectivity index (χ1v) is 7.44. The van der Waals surface area contributed by atoms with Gasteiger partial charge in [-0.05, 0) is 17.7 Å². The van der Waals surface area contributed by atoms with Gasteiger partial charge in [-0.1, -0.05) is 6.07 Å². The van der Waals surface area contributed by atoms with E-state index in [2.05, 4.69) is 5.32 Å². The summed E-state index contributed by atoms with van der Waals surface area (Å²) in [5.74, 6) is -0.274. The van der Waals surface area contributed by atoms with E-state index < -0.39 is 17.3 Å². The molecule has 0 bridgehead atoms. The first-order valence-electron chi connectivity index (χ1n) is 7.44. The molecule has 3 rings (SSSR count). The van der Waals surface area contributed by atoms with Gasteiger partial charge in [-0.25, -0.2) is 0 Å². The molecule has 2 atom stereocenters. The molecule has 2 aliphatic rings. The van der Waals surface area contributed by atoms with Crippen LogP contribution in [-0.2, 0) is 16.1 Å². The highest BCUT2D eigenvalue weighted by Crippen LogP contribution is 2.40. The molecular formula is C16H20N2O5. The van der Waals surface area contributed by atoms with Crippen LogP contribution < -0.4 is 14.8 Å². The molecule has 23 heavy (non-hydrogen) atoms. The van der Waals surface area contributed by atoms with Crippen LogP contribution in [0, 0.1) is 11.3 Å². The summed E-state index contributed by atoms with van der Waals surface area (Å²) in [6, 6.07) is 5.62. The van der Waals surface area contributed by atoms with Gasteiger partial charge in [0.25, 0.3) is 0 Å². The molecule has 124 valence electrons. The summed E-state index contributed by atoms with van der Waals surface area (Å²) in [6.07, 6.45) is 0. The fraction of sp³-hybridized carbons (Fsp3) is 0.500. The summed E-state index contributed by atoms with van der Waals surface area (Å²) in [5.41, 5.74) is -0.0169. The first-order chi connectivity index (χ1) is 11.0. The summed E-state index contributed by atoms with van der Waals surface area (Å²) in [4.78, 5) is 25.6. The number of hydrogen-bond acceptors (Lipinski definition) is 5. The predicted molar refractivity (Wildman–Crippen MR) is 81.4 cm³/mol. The number of carboxylic acids is 1. The van der Waals surface area contributed by atoms with Gasteiger partial charge in [0.15, 0.2) is 11.5 Å². The van der Waals surface area contributed by atoms with Crippen molar-refractivity contribution in [3.05, 3.63) is 23.8 Å². The van der Waals surface area contributed by atoms with Gasteiger partial charge in [0.2, 0.25) is 5.91 Å². The molecule has 7 nitrogen and oxygen atoms in total. The highest BCUT2D eigenvalue weighted by molar-refractivity contribution is 5.92. The third-order valence-electron chi connectivity index (χ3n) is 4.79. The second-order valence-corrected chi connectivity index (χ2v) is 6.09. The number of methoxy groups -OCH3 is 2. The average molecular weight is 320 g/mol. The maximum absolute atomic E-state index is 11.9. The monoisotopic (exact) mass is 320 g/mol. The summed E-state index contributed by atoms with van der Waals surface area (Å²) in [7, 11) is 3.15. The largest absolute Gasteiger partial charge is 0.493 e. The Labute approximate surface area is 134 Å². The van der Waals surface area contributed by atoms with Crippen LogP contribution in [0.5, 0.6) is 11.5 Å². The number of amides is 1. The van der Waals surface area contributed by atoms with Crippen LogP contribution in [0.25, 0.3) is 0 Å². The maximum Gasteiger partial charge on any atom is 0.313 e. The summed E-state index contributed by atoms with van der Waals surface area (Å²) < 4.78 is 10.5. The number of carbonyl (C=O) groups is 2. The van der Waals surface area contributed by atoms with Crippen molar-refractivity contribution in [2.24, 2.45) is 11.3 Å². The van der Waals surface area contributed by atoms with Gasteiger partial charge in [0, 0.05) is 26.2 Å². The van der Waals surface area contributed by atoms with Gasteiger partial charge >= 0.3 is 5.97 Å². The van der Waals surface area contributed by atoms with Crippen molar-refractivity contribution in [3.8, 4) is 11.5 Å². The highest BCUT2D eigenvalue weighted by Gasteiger charge is 2.59. The lowest BCUT2D eigenvalue weighted by Crippen LogP contribution is -2.40. The third kappa shape index (κ3) is 2.50. The Bertz CT molecular complexity index is 647. The molecule has 0 saturated carbocycles. The minimum absolute atomic E-state index is 0.165. The minimum atomic E-state index is -1.01. The van der Waals surface area contributed by atoms with E-state index in [9.17, 15) is 14.7 Å². The minimum Gasteiger partial charge on any atom is -0.493 e. The molecule has 7 heteroatoms. The molecule has 0 unspecified atom stereocenters. The van der Waals surface area contributed by atoms with E-state index in [-0.39, 0.29) is 12.5 Å². The van der Waals surface area contributed by atoms with Crippen molar-refractivity contribution < 1.29 is 24.2 Å². The van der Waals surface area contributed by atoms with Crippen LogP contribution in [0.15, 0.2) is 18.2 Å². The lowest BCUT2D eigenvalue weighted by molar-refractivity contribution is -0.149. The van der Waals surface area contributed by atoms with Gasteiger partial charge in [-0.2, -0.15) is 0 Å². The molecular weight excluding hydrogens is 300 g/mol. The second kappa shape index (κ2) is 5.73. The molecule has 2 heterocycles. The highest BCUT2D eigenvalue weighted by atomic mass is 16.5. The smallest absolute Gasteiger partial charge is 0.313 e. The van der Waals surface area contributed by atoms with Crippen molar-refractivity contribution in [2.75, 3.05) is 33.9 Å². The lowest BCUT2D eigenvalue weighted by Gasteiger charge is -2.22. The molecule has 0 aliphatic carbocycles. The SMILES string of the molecule is COc1ccc(CN2C[C@H]3C(=O)NC[C@@]3(C(=O)O)C2)cc1OC. The van der Waals surface area contributed by atoms with Gasteiger partial charge < -0.3 is 19.9 Å². The zero-order chi connectivity index (χ0) is 16.6. The van der Waals surface area contributed by atoms with Crippen LogP contribution in [0.2, 0.25) is 0 Å². The molecule has 1 aromatic carbocycles. The summed E-state index contributed by atoms with van der Waals surface area (Å²) >= 11 is 0. The normalized spacial score (nSPS) is 26.7. The van der Waals surface area contributed by atoms with Gasteiger partial charge in [0.05, 0.1) is 20.1 Å². The lowest BCUT2D eigenvalue weighted by atomic mass is 9.81. The van der Waals surface area contributed by atoms with Crippen LogP contribution in [0.3, 0.4) is 0 Å². The van der Waals surface area contributed by atoms with Crippen molar-refractivity contribution in [3.63, 3.8) is 0 Å². The molecule has 0 radical (unpaired) electrons. The number of carbonyl (C=O) groups excluding carboxylic acids is 1. The zero-order valence-corrected chi connectivity index (χ0v) is 13.2. The van der Waals surface area contributed by atoms with E-state index in [1.54, 1.807) is 14.2 Å². The van der Waals surface area contributed by atoms with Gasteiger partial charge in [-0.3, -0.25) is 14.5 Å². The van der Waals surface area contributed by atoms with Gasteiger partial charge in [-0.15, -0.1) is 0 Å². The number of aliphatic carboxylic acids is 1. The summed E-state index contributed by atoms with van der Waals surface area (Å²) in [6.45, 7) is 1.58. The number of nitrogens with one attached hydrogen (secondary N) is 1. The van der Waals surface area contributed by atoms with Crippen LogP contribution in [0.1, 0.15) is 5.56 Å². The second-order valence-electron chi connectivity index (χ2n) is 6.09. The number of benzene rings is 1. The molecule has 2 fully saturated rings. The Balaban J connectivity index is 1.78. The van der Waals surface area contributed by atoms with E-state index in [0.29, 0.717) is 31.1 Å². The number of carboxylic acid groups (broad SMARTS) is 1. The quantitative estimate of drug-likeness (QED) is 0.813. The Hall–Kier alpha value is -2.28. The Morgan fingerprint density at radius 1 is 1.39 bits per heavy atom. The number of nitrogens with zero attached hydrogens (tertiary/aromatic N) is 1. The van der Waals surface area contributed by atoms with E-state index >= 15 is 0 Å². The molecule has 0 aromatic heterocycles. The van der Waals surface area contributed by atoms with Crippen molar-refractivity contribution in [2.45, 2.75) is 6.54 Å². The predicted octanol–water partition coefficient (Wildman–Crippen LogP) is 0.336. The molecule has 1 aromatic rings. The van der Waals surface area contributed by atoms with Gasteiger partial charge in [0.1, 0.15) is 5.41 Å². The number of hydrogen-bond donors (Lipinski definition) is 2. The number of rotatable bonds is 5. The van der Waals surface area contributed by atoms with E-state index in [4.69, 9.17) is 9.47 Å². The van der Waals surface area contributed by atoms with Crippen LogP contribution in [0.4, 0.5) is 0 Å². The van der Waals surface area contributed by atoms with Crippen molar-refractivity contribution >= 4 is 11.9 Å². The molecule has 2 N–H and O–H groups in total. The van der Waals surface area contributed by atoms with E-state index in [1.165, 1.54) is 0 Å². The van der Waals surface area contributed by atoms with E-state index in [0.717, 1.165) is 5.56 Å². The van der Waals surface area contributed by atoms with Crippen molar-refractivity contribution in [1.29, 1.82) is 0 Å². The van der Waals surface area contributed by atoms with Crippen LogP contribution >= 0.6 is 0 Å². The molecule has 1 amide bonds. The number of fused-ring (bicyclic) bond motifs is 1. The fourth-order valence-corrected chi connectivity index (χ4v) is 3.54. The molecule has 2 saturated heterocycles. The molecule has 0 spiro atoms. The zero-order valence-electron chi connectivity index (χ0n) is 13.2.